The fourth-order valence-electron chi connectivity index (χ4n) is 2.18. The highest BCUT2D eigenvalue weighted by Gasteiger charge is 2.54. The molecule has 1 saturated heterocycles. The van der Waals surface area contributed by atoms with Crippen LogP contribution in [0.2, 0.25) is 0 Å². The number of Topliss-reactive ketones (excluding diaryl/α,β-unsaturated/α-hetero) is 1. The summed E-state index contributed by atoms with van der Waals surface area (Å²) in [6, 6.07) is -0.983. The van der Waals surface area contributed by atoms with Crippen molar-refractivity contribution < 1.29 is 34.2 Å². The number of thioether (sulfide) groups is 1. The third-order valence-corrected chi connectivity index (χ3v) is 5.20. The molecule has 0 aromatic rings. The molecule has 3 N–H and O–H groups in total. The Kier molecular flexibility index (Phi) is 5.49. The van der Waals surface area contributed by atoms with E-state index in [0.29, 0.717) is 11.3 Å². The molecule has 2 aliphatic rings. The first-order chi connectivity index (χ1) is 11.3. The largest absolute Gasteiger partial charge is 0.512 e. The molecule has 10 nitrogen and oxygen atoms in total. The number of ketones is 1. The Morgan fingerprint density at radius 1 is 1.50 bits per heavy atom. The maximum Gasteiger partial charge on any atom is 0.512 e. The number of carbonyl (C=O) groups excluding carboxylic acids is 3. The van der Waals surface area contributed by atoms with Crippen LogP contribution in [0.3, 0.4) is 0 Å². The molecular formula is C12H12BrN3O7S. The van der Waals surface area contributed by atoms with Gasteiger partial charge in [-0.3, -0.25) is 19.3 Å². The topological polar surface area (TPSA) is 146 Å². The molecule has 2 rings (SSSR count). The van der Waals surface area contributed by atoms with Crippen LogP contribution >= 0.6 is 27.7 Å². The molecule has 0 aromatic heterocycles. The van der Waals surface area contributed by atoms with E-state index in [4.69, 9.17) is 10.3 Å². The number of nitrogens with zero attached hydrogens (tertiary/aromatic N) is 2. The molecule has 130 valence electrons. The van der Waals surface area contributed by atoms with Gasteiger partial charge in [0.15, 0.2) is 0 Å². The summed E-state index contributed by atoms with van der Waals surface area (Å²) in [5.41, 5.74) is -0.156. The van der Waals surface area contributed by atoms with Crippen LogP contribution in [0.4, 0.5) is 4.79 Å². The summed E-state index contributed by atoms with van der Waals surface area (Å²) in [7, 11) is 0. The van der Waals surface area contributed by atoms with E-state index >= 15 is 0 Å². The number of hydrogen-bond acceptors (Lipinski definition) is 8. The van der Waals surface area contributed by atoms with Gasteiger partial charge in [0.05, 0.1) is 5.33 Å². The smallest absolute Gasteiger partial charge is 0.449 e. The van der Waals surface area contributed by atoms with Gasteiger partial charge < -0.3 is 20.4 Å². The molecule has 2 amide bonds. The van der Waals surface area contributed by atoms with Crippen LogP contribution < -0.4 is 5.32 Å². The van der Waals surface area contributed by atoms with Gasteiger partial charge in [0.25, 0.3) is 11.8 Å². The summed E-state index contributed by atoms with van der Waals surface area (Å²) in [5.74, 6) is -1.99. The van der Waals surface area contributed by atoms with Crippen LogP contribution in [0.5, 0.6) is 0 Å². The molecule has 2 heterocycles. The minimum absolute atomic E-state index is 0.0747. The average Bonchev–Trinajstić information content (AvgIpc) is 2.54. The van der Waals surface area contributed by atoms with Crippen molar-refractivity contribution >= 4 is 57.2 Å². The van der Waals surface area contributed by atoms with Crippen LogP contribution in [-0.2, 0) is 19.1 Å². The predicted octanol–water partition coefficient (Wildman–Crippen LogP) is 0.107. The normalized spacial score (nSPS) is 23.3. The van der Waals surface area contributed by atoms with Gasteiger partial charge in [-0.2, -0.15) is 0 Å². The number of carboxylic acid groups (broad SMARTS) is 1. The standard InChI is InChI=1S/C12H12BrN3O7S/c1-4-3-24-11-7(9(19)16(11)10(4)23-12(20)21)14-8(18)6(15-22)5(17)2-13/h7,11,22H,2-3H2,1H3,(H,14,18)(H,20,21)/b15-6-/t7-,11-/m1/s1. The Morgan fingerprint density at radius 3 is 2.71 bits per heavy atom. The van der Waals surface area contributed by atoms with Crippen molar-refractivity contribution in [3.8, 4) is 0 Å². The molecular weight excluding hydrogens is 410 g/mol. The second-order valence-electron chi connectivity index (χ2n) is 4.82. The molecule has 1 fully saturated rings. The van der Waals surface area contributed by atoms with E-state index in [-0.39, 0.29) is 11.2 Å². The maximum atomic E-state index is 12.2. The maximum absolute atomic E-state index is 12.2. The number of carbonyl (C=O) groups is 4. The van der Waals surface area contributed by atoms with Gasteiger partial charge in [-0.25, -0.2) is 4.79 Å². The van der Waals surface area contributed by atoms with Gasteiger partial charge >= 0.3 is 6.16 Å². The average molecular weight is 422 g/mol. The molecule has 2 atom stereocenters. The first kappa shape index (κ1) is 18.3. The second kappa shape index (κ2) is 7.21. The molecule has 0 spiro atoms. The lowest BCUT2D eigenvalue weighted by atomic mass is 10.1. The highest BCUT2D eigenvalue weighted by Crippen LogP contribution is 2.40. The Hall–Kier alpha value is -2.08. The number of nitrogens with one attached hydrogen (secondary N) is 1. The van der Waals surface area contributed by atoms with Gasteiger partial charge in [-0.15, -0.1) is 11.8 Å². The first-order valence-electron chi connectivity index (χ1n) is 6.49. The third-order valence-electron chi connectivity index (χ3n) is 3.27. The van der Waals surface area contributed by atoms with Crippen molar-refractivity contribution in [3.63, 3.8) is 0 Å². The third kappa shape index (κ3) is 3.24. The fourth-order valence-corrected chi connectivity index (χ4v) is 3.72. The zero-order valence-electron chi connectivity index (χ0n) is 12.2. The van der Waals surface area contributed by atoms with Crippen LogP contribution in [0.1, 0.15) is 6.92 Å². The lowest BCUT2D eigenvalue weighted by Gasteiger charge is -2.48. The summed E-state index contributed by atoms with van der Waals surface area (Å²) in [6.45, 7) is 1.63. The minimum atomic E-state index is -1.55. The molecule has 0 saturated carbocycles. The summed E-state index contributed by atoms with van der Waals surface area (Å²) in [5, 5.41) is 21.7. The van der Waals surface area contributed by atoms with E-state index < -0.39 is 40.9 Å². The summed E-state index contributed by atoms with van der Waals surface area (Å²) in [6.07, 6.45) is -1.55. The number of hydrogen-bond donors (Lipinski definition) is 3. The van der Waals surface area contributed by atoms with E-state index in [0.717, 1.165) is 4.90 Å². The summed E-state index contributed by atoms with van der Waals surface area (Å²) >= 11 is 4.15. The minimum Gasteiger partial charge on any atom is -0.449 e. The summed E-state index contributed by atoms with van der Waals surface area (Å²) in [4.78, 5) is 47.5. The molecule has 24 heavy (non-hydrogen) atoms. The van der Waals surface area contributed by atoms with Crippen LogP contribution in [0.15, 0.2) is 16.6 Å². The van der Waals surface area contributed by atoms with Crippen molar-refractivity contribution in [2.45, 2.75) is 18.3 Å². The van der Waals surface area contributed by atoms with Gasteiger partial charge in [-0.05, 0) is 12.5 Å². The van der Waals surface area contributed by atoms with E-state index in [1.54, 1.807) is 6.92 Å². The Balaban J connectivity index is 2.12. The quantitative estimate of drug-likeness (QED) is 0.108. The van der Waals surface area contributed by atoms with Crippen molar-refractivity contribution in [2.75, 3.05) is 11.1 Å². The Labute approximate surface area is 148 Å². The fraction of sp³-hybridized carbons (Fsp3) is 0.417. The van der Waals surface area contributed by atoms with Gasteiger partial charge in [-0.1, -0.05) is 21.1 Å². The number of fused-ring (bicyclic) bond motifs is 1. The van der Waals surface area contributed by atoms with Crippen LogP contribution in [0, 0.1) is 0 Å². The molecule has 0 aliphatic carbocycles. The number of β-lactam (4-membered cyclic amide) rings is 1. The SMILES string of the molecule is CC1=C(OC(=O)O)N2C(=O)[C@@H](NC(=O)/C(=N\O)C(=O)CBr)[C@H]2SC1. The van der Waals surface area contributed by atoms with Gasteiger partial charge in [0, 0.05) is 5.75 Å². The van der Waals surface area contributed by atoms with E-state index in [2.05, 4.69) is 31.1 Å². The van der Waals surface area contributed by atoms with Crippen molar-refractivity contribution in [2.24, 2.45) is 5.16 Å². The number of oxime groups is 1. The van der Waals surface area contributed by atoms with Crippen molar-refractivity contribution in [1.29, 1.82) is 0 Å². The molecule has 0 aromatic carbocycles. The van der Waals surface area contributed by atoms with Gasteiger partial charge in [0.1, 0.15) is 11.4 Å². The van der Waals surface area contributed by atoms with Crippen LogP contribution in [-0.4, -0.2) is 67.2 Å². The molecule has 12 heteroatoms. The number of rotatable bonds is 5. The number of ether oxygens (including phenoxy) is 1. The molecule has 0 bridgehead atoms. The monoisotopic (exact) mass is 421 g/mol. The van der Waals surface area contributed by atoms with Crippen molar-refractivity contribution in [3.05, 3.63) is 11.5 Å². The van der Waals surface area contributed by atoms with E-state index in [9.17, 15) is 19.2 Å². The number of amides is 2. The summed E-state index contributed by atoms with van der Waals surface area (Å²) < 4.78 is 4.64. The van der Waals surface area contributed by atoms with Crippen LogP contribution in [0.25, 0.3) is 0 Å². The van der Waals surface area contributed by atoms with E-state index in [1.165, 1.54) is 11.8 Å². The number of alkyl halides is 1. The molecule has 0 radical (unpaired) electrons. The lowest BCUT2D eigenvalue weighted by Crippen LogP contribution is -2.70. The van der Waals surface area contributed by atoms with Crippen molar-refractivity contribution in [1.82, 2.24) is 10.2 Å². The molecule has 0 unspecified atom stereocenters. The highest BCUT2D eigenvalue weighted by atomic mass is 79.9. The first-order valence-corrected chi connectivity index (χ1v) is 8.66. The van der Waals surface area contributed by atoms with E-state index in [1.807, 2.05) is 0 Å². The second-order valence-corrected chi connectivity index (χ2v) is 6.49. The Bertz CT molecular complexity index is 678. The zero-order chi connectivity index (χ0) is 18.0. The predicted molar refractivity (Wildman–Crippen MR) is 84.9 cm³/mol. The highest BCUT2D eigenvalue weighted by molar-refractivity contribution is 9.09. The lowest BCUT2D eigenvalue weighted by molar-refractivity contribution is -0.148. The molecule has 2 aliphatic heterocycles. The Morgan fingerprint density at radius 2 is 2.17 bits per heavy atom. The van der Waals surface area contributed by atoms with Gasteiger partial charge in [0.2, 0.25) is 17.4 Å². The number of halogens is 1. The zero-order valence-corrected chi connectivity index (χ0v) is 14.6.